The lowest BCUT2D eigenvalue weighted by Gasteiger charge is -2.27. The molecule has 4 aromatic carbocycles. The molecule has 0 unspecified atom stereocenters. The van der Waals surface area contributed by atoms with Crippen molar-refractivity contribution in [2.75, 3.05) is 0 Å². The smallest absolute Gasteiger partial charge is 0.268 e. The molecule has 5 aromatic rings. The van der Waals surface area contributed by atoms with Crippen molar-refractivity contribution >= 4 is 33.4 Å². The Labute approximate surface area is 239 Å². The molecule has 1 heterocycles. The van der Waals surface area contributed by atoms with Crippen molar-refractivity contribution in [3.05, 3.63) is 113 Å². The van der Waals surface area contributed by atoms with Crippen molar-refractivity contribution in [3.8, 4) is 5.75 Å². The molecule has 0 aliphatic heterocycles. The van der Waals surface area contributed by atoms with Gasteiger partial charge in [-0.3, -0.25) is 10.2 Å². The average Bonchev–Trinajstić information content (AvgIpc) is 3.35. The van der Waals surface area contributed by atoms with Gasteiger partial charge in [-0.1, -0.05) is 66.7 Å². The van der Waals surface area contributed by atoms with E-state index in [1.54, 1.807) is 0 Å². The number of nitrogens with two attached hydrogens (primary N) is 2. The third kappa shape index (κ3) is 5.81. The molecule has 7 nitrogen and oxygen atoms in total. The Morgan fingerprint density at radius 3 is 2.49 bits per heavy atom. The number of benzene rings is 4. The lowest BCUT2D eigenvalue weighted by molar-refractivity contribution is 0.0917. The van der Waals surface area contributed by atoms with Crippen molar-refractivity contribution in [1.29, 1.82) is 5.41 Å². The Bertz CT molecular complexity index is 1720. The van der Waals surface area contributed by atoms with Crippen LogP contribution in [0.4, 0.5) is 0 Å². The number of fused-ring (bicyclic) bond motifs is 2. The Kier molecular flexibility index (Phi) is 7.44. The minimum Gasteiger partial charge on any atom is -0.489 e. The molecule has 0 atom stereocenters. The van der Waals surface area contributed by atoms with Crippen LogP contribution in [0.3, 0.4) is 0 Å². The van der Waals surface area contributed by atoms with Gasteiger partial charge in [-0.15, -0.1) is 0 Å². The lowest BCUT2D eigenvalue weighted by atomic mass is 9.92. The SMILES string of the molecule is N=C(N)c1ccc2cc(C(=O)NC3CCC(N)CC3)n(Cc3cccc4cc(OCc5ccccc5)ccc34)c2c1. The monoisotopic (exact) mass is 545 g/mol. The molecular weight excluding hydrogens is 510 g/mol. The third-order valence-electron chi connectivity index (χ3n) is 8.07. The molecule has 1 aliphatic carbocycles. The Hall–Kier alpha value is -4.62. The molecule has 1 aromatic heterocycles. The highest BCUT2D eigenvalue weighted by molar-refractivity contribution is 6.02. The number of carbonyl (C=O) groups is 1. The molecule has 0 saturated heterocycles. The first kappa shape index (κ1) is 26.6. The summed E-state index contributed by atoms with van der Waals surface area (Å²) in [6.45, 7) is 0.996. The number of rotatable bonds is 8. The summed E-state index contributed by atoms with van der Waals surface area (Å²) in [6, 6.07) is 30.4. The maximum absolute atomic E-state index is 13.6. The second-order valence-electron chi connectivity index (χ2n) is 11.0. The number of nitrogen functional groups attached to an aromatic ring is 1. The molecule has 0 spiro atoms. The number of nitrogens with zero attached hydrogens (tertiary/aromatic N) is 1. The zero-order chi connectivity index (χ0) is 28.3. The minimum absolute atomic E-state index is 0.00242. The second-order valence-corrected chi connectivity index (χ2v) is 11.0. The quantitative estimate of drug-likeness (QED) is 0.148. The summed E-state index contributed by atoms with van der Waals surface area (Å²) in [5.41, 5.74) is 16.2. The van der Waals surface area contributed by atoms with Crippen molar-refractivity contribution in [1.82, 2.24) is 9.88 Å². The molecule has 1 fully saturated rings. The van der Waals surface area contributed by atoms with Crippen LogP contribution in [0.15, 0.2) is 91.0 Å². The van der Waals surface area contributed by atoms with Crippen molar-refractivity contribution in [2.24, 2.45) is 11.5 Å². The summed E-state index contributed by atoms with van der Waals surface area (Å²) < 4.78 is 8.11. The van der Waals surface area contributed by atoms with E-state index in [1.807, 2.05) is 59.2 Å². The van der Waals surface area contributed by atoms with Gasteiger partial charge in [-0.05, 0) is 71.8 Å². The maximum atomic E-state index is 13.6. The van der Waals surface area contributed by atoms with Gasteiger partial charge in [0, 0.05) is 35.1 Å². The molecule has 6 rings (SSSR count). The summed E-state index contributed by atoms with van der Waals surface area (Å²) in [5, 5.41) is 14.3. The molecule has 208 valence electrons. The summed E-state index contributed by atoms with van der Waals surface area (Å²) in [5.74, 6) is 0.712. The van der Waals surface area contributed by atoms with E-state index in [0.29, 0.717) is 24.4 Å². The van der Waals surface area contributed by atoms with Gasteiger partial charge in [0.15, 0.2) is 0 Å². The van der Waals surface area contributed by atoms with E-state index in [2.05, 4.69) is 41.7 Å². The van der Waals surface area contributed by atoms with E-state index in [1.165, 1.54) is 0 Å². The first-order valence-corrected chi connectivity index (χ1v) is 14.2. The van der Waals surface area contributed by atoms with Crippen LogP contribution in [0, 0.1) is 5.41 Å². The topological polar surface area (TPSA) is 119 Å². The summed E-state index contributed by atoms with van der Waals surface area (Å²) in [6.07, 6.45) is 3.62. The van der Waals surface area contributed by atoms with Crippen molar-refractivity contribution in [3.63, 3.8) is 0 Å². The zero-order valence-corrected chi connectivity index (χ0v) is 23.0. The Morgan fingerprint density at radius 1 is 0.902 bits per heavy atom. The van der Waals surface area contributed by atoms with Gasteiger partial charge in [-0.25, -0.2) is 0 Å². The van der Waals surface area contributed by atoms with Crippen LogP contribution in [-0.4, -0.2) is 28.4 Å². The third-order valence-corrected chi connectivity index (χ3v) is 8.07. The van der Waals surface area contributed by atoms with Gasteiger partial charge >= 0.3 is 0 Å². The fourth-order valence-electron chi connectivity index (χ4n) is 5.77. The molecule has 1 amide bonds. The van der Waals surface area contributed by atoms with E-state index in [9.17, 15) is 4.79 Å². The fourth-order valence-corrected chi connectivity index (χ4v) is 5.77. The van der Waals surface area contributed by atoms with Crippen LogP contribution < -0.4 is 21.5 Å². The van der Waals surface area contributed by atoms with Crippen LogP contribution in [0.2, 0.25) is 0 Å². The maximum Gasteiger partial charge on any atom is 0.268 e. The number of carbonyl (C=O) groups excluding carboxylic acids is 1. The van der Waals surface area contributed by atoms with Gasteiger partial charge in [-0.2, -0.15) is 0 Å². The number of hydrogen-bond acceptors (Lipinski definition) is 4. The molecule has 0 bridgehead atoms. The molecule has 6 N–H and O–H groups in total. The highest BCUT2D eigenvalue weighted by Gasteiger charge is 2.23. The number of aromatic nitrogens is 1. The molecule has 41 heavy (non-hydrogen) atoms. The predicted molar refractivity (Wildman–Crippen MR) is 164 cm³/mol. The van der Waals surface area contributed by atoms with Crippen LogP contribution in [0.5, 0.6) is 5.75 Å². The molecule has 0 radical (unpaired) electrons. The summed E-state index contributed by atoms with van der Waals surface area (Å²) in [7, 11) is 0. The van der Waals surface area contributed by atoms with E-state index in [0.717, 1.165) is 64.2 Å². The number of amidine groups is 1. The highest BCUT2D eigenvalue weighted by atomic mass is 16.5. The summed E-state index contributed by atoms with van der Waals surface area (Å²) in [4.78, 5) is 13.6. The largest absolute Gasteiger partial charge is 0.489 e. The minimum atomic E-state index is -0.0946. The second kappa shape index (κ2) is 11.5. The molecular formula is C34H35N5O2. The average molecular weight is 546 g/mol. The Balaban J connectivity index is 1.33. The van der Waals surface area contributed by atoms with E-state index < -0.39 is 0 Å². The normalized spacial score (nSPS) is 17.0. The number of ether oxygens (including phenoxy) is 1. The molecule has 1 saturated carbocycles. The van der Waals surface area contributed by atoms with Crippen LogP contribution in [0.25, 0.3) is 21.7 Å². The fraction of sp³-hybridized carbons (Fsp3) is 0.235. The first-order chi connectivity index (χ1) is 19.9. The lowest BCUT2D eigenvalue weighted by Crippen LogP contribution is -2.41. The highest BCUT2D eigenvalue weighted by Crippen LogP contribution is 2.29. The standard InChI is InChI=1S/C34H35N5O2/c35-27-11-13-28(14-12-27)38-34(40)32-18-24-9-10-25(33(36)37)19-31(24)39(32)20-26-8-4-7-23-17-29(15-16-30(23)26)41-21-22-5-2-1-3-6-22/h1-10,15-19,27-28H,11-14,20-21,35H2,(H3,36,37)(H,38,40). The van der Waals surface area contributed by atoms with Gasteiger partial charge in [0.25, 0.3) is 5.91 Å². The number of nitrogens with one attached hydrogen (secondary N) is 2. The van der Waals surface area contributed by atoms with E-state index in [4.69, 9.17) is 21.6 Å². The van der Waals surface area contributed by atoms with Crippen LogP contribution in [-0.2, 0) is 13.2 Å². The van der Waals surface area contributed by atoms with E-state index >= 15 is 0 Å². The zero-order valence-electron chi connectivity index (χ0n) is 23.0. The van der Waals surface area contributed by atoms with Crippen molar-refractivity contribution in [2.45, 2.75) is 50.9 Å². The number of amides is 1. The predicted octanol–water partition coefficient (Wildman–Crippen LogP) is 5.71. The van der Waals surface area contributed by atoms with E-state index in [-0.39, 0.29) is 23.8 Å². The summed E-state index contributed by atoms with van der Waals surface area (Å²) >= 11 is 0. The number of hydrogen-bond donors (Lipinski definition) is 4. The molecule has 7 heteroatoms. The van der Waals surface area contributed by atoms with Gasteiger partial charge in [0.05, 0.1) is 0 Å². The van der Waals surface area contributed by atoms with Gasteiger partial charge in [0.2, 0.25) is 0 Å². The van der Waals surface area contributed by atoms with Gasteiger partial charge in [0.1, 0.15) is 23.9 Å². The van der Waals surface area contributed by atoms with Crippen molar-refractivity contribution < 1.29 is 9.53 Å². The first-order valence-electron chi connectivity index (χ1n) is 14.2. The van der Waals surface area contributed by atoms with Crippen LogP contribution >= 0.6 is 0 Å². The Morgan fingerprint density at radius 2 is 1.71 bits per heavy atom. The van der Waals surface area contributed by atoms with Gasteiger partial charge < -0.3 is 26.1 Å². The molecule has 1 aliphatic rings. The van der Waals surface area contributed by atoms with Crippen LogP contribution in [0.1, 0.15) is 52.9 Å².